The van der Waals surface area contributed by atoms with Crippen LogP contribution in [0.5, 0.6) is 17.2 Å². The van der Waals surface area contributed by atoms with Crippen molar-refractivity contribution in [1.82, 2.24) is 0 Å². The molecule has 0 aliphatic rings. The van der Waals surface area contributed by atoms with Gasteiger partial charge in [0.2, 0.25) is 0 Å². The zero-order valence-corrected chi connectivity index (χ0v) is 21.6. The SMILES string of the molecule is CCCCCCCCCCCCc1c(S(=O)(=O)O)ccc([O-])c1Oc1ccccc1.[Na+]. The summed E-state index contributed by atoms with van der Waals surface area (Å²) in [6.07, 6.45) is 11.9. The van der Waals surface area contributed by atoms with Crippen LogP contribution in [0.2, 0.25) is 0 Å². The number of unbranched alkanes of at least 4 members (excludes halogenated alkanes) is 9. The van der Waals surface area contributed by atoms with Gasteiger partial charge in [-0.2, -0.15) is 8.42 Å². The van der Waals surface area contributed by atoms with Crippen LogP contribution in [0.4, 0.5) is 0 Å². The van der Waals surface area contributed by atoms with Crippen LogP contribution in [0.15, 0.2) is 47.4 Å². The van der Waals surface area contributed by atoms with Crippen LogP contribution < -0.4 is 39.4 Å². The Hall–Kier alpha value is -1.05. The van der Waals surface area contributed by atoms with Gasteiger partial charge in [-0.15, -0.1) is 0 Å². The van der Waals surface area contributed by atoms with Gasteiger partial charge in [0.1, 0.15) is 16.4 Å². The molecule has 0 spiro atoms. The summed E-state index contributed by atoms with van der Waals surface area (Å²) in [5.41, 5.74) is 0.258. The molecule has 0 amide bonds. The van der Waals surface area contributed by atoms with Crippen LogP contribution in [-0.2, 0) is 16.5 Å². The van der Waals surface area contributed by atoms with Gasteiger partial charge in [-0.25, -0.2) is 0 Å². The van der Waals surface area contributed by atoms with Crippen molar-refractivity contribution < 1.29 is 52.4 Å². The Morgan fingerprint density at radius 2 is 1.39 bits per heavy atom. The summed E-state index contributed by atoms with van der Waals surface area (Å²) in [5.74, 6) is 0.0343. The summed E-state index contributed by atoms with van der Waals surface area (Å²) < 4.78 is 39.1. The van der Waals surface area contributed by atoms with Gasteiger partial charge in [0, 0.05) is 5.56 Å². The standard InChI is InChI=1S/C24H34O5S.Na/c1-2-3-4-5-6-7-8-9-10-14-17-21-23(30(26,27)28)19-18-22(25)24(21)29-20-15-12-11-13-16-20;/h11-13,15-16,18-19,25H,2-10,14,17H2,1H3,(H,26,27,28);/q;+1/p-1. The number of para-hydroxylation sites is 1. The van der Waals surface area contributed by atoms with Crippen molar-refractivity contribution in [2.45, 2.75) is 82.4 Å². The molecule has 0 aromatic heterocycles. The summed E-state index contributed by atoms with van der Waals surface area (Å²) in [5, 5.41) is 12.4. The van der Waals surface area contributed by atoms with Gasteiger partial charge < -0.3 is 9.84 Å². The Balaban J connectivity index is 0.00000480. The third-order valence-corrected chi connectivity index (χ3v) is 6.14. The first-order valence-corrected chi connectivity index (χ1v) is 12.4. The third-order valence-electron chi connectivity index (χ3n) is 5.20. The van der Waals surface area contributed by atoms with E-state index in [1.807, 2.05) is 6.07 Å². The van der Waals surface area contributed by atoms with E-state index in [0.29, 0.717) is 12.2 Å². The first kappa shape index (κ1) is 28.0. The Kier molecular flexibility index (Phi) is 13.5. The Labute approximate surface area is 209 Å². The molecule has 0 bridgehead atoms. The zero-order valence-electron chi connectivity index (χ0n) is 18.8. The summed E-state index contributed by atoms with van der Waals surface area (Å²) in [7, 11) is -4.45. The predicted molar refractivity (Wildman–Crippen MR) is 118 cm³/mol. The minimum Gasteiger partial charge on any atom is -0.870 e. The first-order chi connectivity index (χ1) is 14.4. The third kappa shape index (κ3) is 9.96. The van der Waals surface area contributed by atoms with Gasteiger partial charge in [0.05, 0.1) is 0 Å². The van der Waals surface area contributed by atoms with Gasteiger partial charge in [-0.1, -0.05) is 94.7 Å². The van der Waals surface area contributed by atoms with Crippen LogP contribution in [0.1, 0.15) is 76.7 Å². The number of hydrogen-bond acceptors (Lipinski definition) is 4. The summed E-state index contributed by atoms with van der Waals surface area (Å²) >= 11 is 0. The summed E-state index contributed by atoms with van der Waals surface area (Å²) in [6.45, 7) is 2.21. The van der Waals surface area contributed by atoms with E-state index in [1.54, 1.807) is 24.3 Å². The molecule has 0 aliphatic heterocycles. The number of ether oxygens (including phenoxy) is 1. The van der Waals surface area contributed by atoms with Gasteiger partial charge in [-0.3, -0.25) is 4.55 Å². The van der Waals surface area contributed by atoms with Crippen LogP contribution in [0.3, 0.4) is 0 Å². The molecule has 2 aromatic carbocycles. The maximum absolute atomic E-state index is 12.4. The fourth-order valence-electron chi connectivity index (χ4n) is 3.57. The van der Waals surface area contributed by atoms with E-state index in [-0.39, 0.29) is 45.8 Å². The van der Waals surface area contributed by atoms with E-state index in [0.717, 1.165) is 31.7 Å². The molecular formula is C24H33NaO5S. The molecule has 0 saturated heterocycles. The second-order valence-electron chi connectivity index (χ2n) is 7.69. The van der Waals surface area contributed by atoms with Gasteiger partial charge in [0.15, 0.2) is 0 Å². The molecule has 1 N–H and O–H groups in total. The molecule has 0 fully saturated rings. The van der Waals surface area contributed by atoms with Crippen molar-refractivity contribution in [3.8, 4) is 17.2 Å². The molecule has 0 radical (unpaired) electrons. The molecule has 2 rings (SSSR count). The minimum atomic E-state index is -4.45. The van der Waals surface area contributed by atoms with E-state index in [2.05, 4.69) is 6.92 Å². The maximum Gasteiger partial charge on any atom is 1.00 e. The second kappa shape index (κ2) is 14.9. The maximum atomic E-state index is 12.4. The molecule has 31 heavy (non-hydrogen) atoms. The molecule has 2 aromatic rings. The molecular weight excluding hydrogens is 423 g/mol. The van der Waals surface area contributed by atoms with E-state index in [1.165, 1.54) is 44.6 Å². The summed E-state index contributed by atoms with van der Waals surface area (Å²) in [4.78, 5) is -0.246. The van der Waals surface area contributed by atoms with Crippen molar-refractivity contribution >= 4 is 10.1 Å². The van der Waals surface area contributed by atoms with E-state index in [9.17, 15) is 18.1 Å². The van der Waals surface area contributed by atoms with Crippen LogP contribution in [0.25, 0.3) is 0 Å². The van der Waals surface area contributed by atoms with E-state index >= 15 is 0 Å². The fraction of sp³-hybridized carbons (Fsp3) is 0.500. The van der Waals surface area contributed by atoms with Crippen LogP contribution in [-0.4, -0.2) is 13.0 Å². The first-order valence-electron chi connectivity index (χ1n) is 11.0. The van der Waals surface area contributed by atoms with E-state index in [4.69, 9.17) is 4.74 Å². The average molecular weight is 457 g/mol. The average Bonchev–Trinajstić information content (AvgIpc) is 2.71. The largest absolute Gasteiger partial charge is 1.00 e. The van der Waals surface area contributed by atoms with Gasteiger partial charge >= 0.3 is 29.6 Å². The predicted octanol–water partition coefficient (Wildman–Crippen LogP) is 3.27. The van der Waals surface area contributed by atoms with Crippen molar-refractivity contribution in [1.29, 1.82) is 0 Å². The summed E-state index contributed by atoms with van der Waals surface area (Å²) in [6, 6.07) is 11.1. The molecule has 0 unspecified atom stereocenters. The molecule has 0 saturated carbocycles. The number of hydrogen-bond donors (Lipinski definition) is 1. The Morgan fingerprint density at radius 3 is 1.94 bits per heavy atom. The smallest absolute Gasteiger partial charge is 0.870 e. The van der Waals surface area contributed by atoms with Crippen molar-refractivity contribution in [3.63, 3.8) is 0 Å². The van der Waals surface area contributed by atoms with Crippen molar-refractivity contribution in [2.75, 3.05) is 0 Å². The Morgan fingerprint density at radius 1 is 0.839 bits per heavy atom. The van der Waals surface area contributed by atoms with Crippen molar-refractivity contribution in [3.05, 3.63) is 48.0 Å². The molecule has 7 heteroatoms. The minimum absolute atomic E-state index is 0. The quantitative estimate of drug-likeness (QED) is 0.268. The van der Waals surface area contributed by atoms with Crippen molar-refractivity contribution in [2.24, 2.45) is 0 Å². The monoisotopic (exact) mass is 456 g/mol. The normalized spacial score (nSPS) is 11.2. The zero-order chi connectivity index (χ0) is 21.8. The molecule has 0 aliphatic carbocycles. The molecule has 5 nitrogen and oxygen atoms in total. The van der Waals surface area contributed by atoms with E-state index < -0.39 is 15.9 Å². The van der Waals surface area contributed by atoms with Gasteiger partial charge in [0.25, 0.3) is 10.1 Å². The second-order valence-corrected chi connectivity index (χ2v) is 9.08. The number of rotatable bonds is 14. The Bertz CT molecular complexity index is 869. The molecule has 166 valence electrons. The van der Waals surface area contributed by atoms with Gasteiger partial charge in [-0.05, 0) is 31.0 Å². The number of benzene rings is 2. The van der Waals surface area contributed by atoms with Crippen LogP contribution >= 0.6 is 0 Å². The topological polar surface area (TPSA) is 86.7 Å². The van der Waals surface area contributed by atoms with Crippen LogP contribution in [0, 0.1) is 0 Å². The fourth-order valence-corrected chi connectivity index (χ4v) is 4.32. The molecule has 0 atom stereocenters. The molecule has 0 heterocycles.